The predicted octanol–water partition coefficient (Wildman–Crippen LogP) is 4.67. The van der Waals surface area contributed by atoms with Crippen molar-refractivity contribution in [2.45, 2.75) is 52.0 Å². The monoisotopic (exact) mass is 491 g/mol. The molecule has 0 aliphatic rings. The molecular formula is C24H26ClNO6S. The van der Waals surface area contributed by atoms with Crippen LogP contribution in [-0.4, -0.2) is 20.4 Å². The topological polar surface area (TPSA) is 103 Å². The number of hydrogen-bond donors (Lipinski definition) is 1. The van der Waals surface area contributed by atoms with Crippen molar-refractivity contribution in [1.29, 1.82) is 0 Å². The Morgan fingerprint density at radius 2 is 1.76 bits per heavy atom. The van der Waals surface area contributed by atoms with E-state index in [1.807, 2.05) is 13.8 Å². The number of rotatable bonds is 7. The summed E-state index contributed by atoms with van der Waals surface area (Å²) >= 11 is 6.34. The molecule has 3 aromatic rings. The van der Waals surface area contributed by atoms with E-state index < -0.39 is 27.7 Å². The lowest BCUT2D eigenvalue weighted by Gasteiger charge is -2.23. The Balaban J connectivity index is 1.94. The van der Waals surface area contributed by atoms with Crippen LogP contribution < -0.4 is 15.1 Å². The molecule has 0 aliphatic carbocycles. The van der Waals surface area contributed by atoms with Gasteiger partial charge in [-0.15, -0.1) is 0 Å². The number of carbonyl (C=O) groups excluding carboxylic acids is 1. The number of ether oxygens (including phenoxy) is 1. The van der Waals surface area contributed by atoms with E-state index in [1.165, 1.54) is 18.2 Å². The van der Waals surface area contributed by atoms with E-state index in [9.17, 15) is 18.0 Å². The number of hydrogen-bond acceptors (Lipinski definition) is 6. The highest BCUT2D eigenvalue weighted by Crippen LogP contribution is 2.32. The van der Waals surface area contributed by atoms with Gasteiger partial charge in [-0.05, 0) is 50.5 Å². The molecule has 1 heterocycles. The molecule has 176 valence electrons. The fourth-order valence-corrected chi connectivity index (χ4v) is 4.77. The van der Waals surface area contributed by atoms with Gasteiger partial charge >= 0.3 is 11.6 Å². The van der Waals surface area contributed by atoms with Crippen molar-refractivity contribution in [2.75, 3.05) is 0 Å². The molecule has 1 N–H and O–H groups in total. The Morgan fingerprint density at radius 1 is 1.12 bits per heavy atom. The lowest BCUT2D eigenvalue weighted by atomic mass is 10.0. The zero-order chi connectivity index (χ0) is 24.5. The van der Waals surface area contributed by atoms with Gasteiger partial charge in [-0.25, -0.2) is 18.0 Å². The van der Waals surface area contributed by atoms with Crippen LogP contribution >= 0.6 is 11.6 Å². The molecule has 3 rings (SSSR count). The van der Waals surface area contributed by atoms with Crippen LogP contribution in [0.25, 0.3) is 11.0 Å². The molecule has 33 heavy (non-hydrogen) atoms. The number of sulfonamides is 1. The second kappa shape index (κ2) is 9.67. The van der Waals surface area contributed by atoms with Gasteiger partial charge in [-0.2, -0.15) is 4.72 Å². The Kier molecular flexibility index (Phi) is 7.31. The average Bonchev–Trinajstić information content (AvgIpc) is 2.77. The van der Waals surface area contributed by atoms with Crippen LogP contribution in [0.1, 0.15) is 37.0 Å². The SMILES string of the molecule is CC[C@H](C)[C@@H](NS(=O)(=O)c1ccc(C)cc1)C(=O)Oc1cc2oc(=O)c(C)c(C)c2cc1Cl. The van der Waals surface area contributed by atoms with Gasteiger partial charge in [0.15, 0.2) is 5.75 Å². The summed E-state index contributed by atoms with van der Waals surface area (Å²) < 4.78 is 39.0. The molecular weight excluding hydrogens is 466 g/mol. The number of aryl methyl sites for hydroxylation is 2. The number of carbonyl (C=O) groups is 1. The highest BCUT2D eigenvalue weighted by Gasteiger charge is 2.32. The second-order valence-electron chi connectivity index (χ2n) is 8.14. The highest BCUT2D eigenvalue weighted by atomic mass is 35.5. The zero-order valence-electron chi connectivity index (χ0n) is 19.1. The zero-order valence-corrected chi connectivity index (χ0v) is 20.6. The Morgan fingerprint density at radius 3 is 2.36 bits per heavy atom. The normalized spacial score (nSPS) is 13.6. The maximum atomic E-state index is 13.1. The van der Waals surface area contributed by atoms with Gasteiger partial charge in [0.1, 0.15) is 11.6 Å². The fourth-order valence-electron chi connectivity index (χ4n) is 3.28. The van der Waals surface area contributed by atoms with Crippen molar-refractivity contribution in [1.82, 2.24) is 4.72 Å². The highest BCUT2D eigenvalue weighted by molar-refractivity contribution is 7.89. The number of benzene rings is 2. The number of nitrogens with one attached hydrogen (secondary N) is 1. The van der Waals surface area contributed by atoms with Crippen LogP contribution in [0.4, 0.5) is 0 Å². The largest absolute Gasteiger partial charge is 0.424 e. The first-order valence-electron chi connectivity index (χ1n) is 10.5. The lowest BCUT2D eigenvalue weighted by molar-refractivity contribution is -0.137. The minimum absolute atomic E-state index is 0.0246. The van der Waals surface area contributed by atoms with Gasteiger partial charge in [0.2, 0.25) is 10.0 Å². The molecule has 0 bridgehead atoms. The van der Waals surface area contributed by atoms with Crippen LogP contribution in [0.2, 0.25) is 5.02 Å². The van der Waals surface area contributed by atoms with Gasteiger partial charge in [-0.3, -0.25) is 0 Å². The van der Waals surface area contributed by atoms with E-state index >= 15 is 0 Å². The molecule has 1 aromatic heterocycles. The number of halogens is 1. The Hall–Kier alpha value is -2.68. The predicted molar refractivity (Wildman–Crippen MR) is 127 cm³/mol. The summed E-state index contributed by atoms with van der Waals surface area (Å²) in [4.78, 5) is 25.1. The molecule has 0 amide bonds. The summed E-state index contributed by atoms with van der Waals surface area (Å²) in [5.41, 5.74) is 1.81. The van der Waals surface area contributed by atoms with Crippen LogP contribution in [0, 0.1) is 26.7 Å². The second-order valence-corrected chi connectivity index (χ2v) is 10.3. The number of fused-ring (bicyclic) bond motifs is 1. The lowest BCUT2D eigenvalue weighted by Crippen LogP contribution is -2.46. The summed E-state index contributed by atoms with van der Waals surface area (Å²) in [5, 5.41) is 0.756. The first-order chi connectivity index (χ1) is 15.4. The Bertz CT molecular complexity index is 1360. The first-order valence-corrected chi connectivity index (χ1v) is 12.3. The average molecular weight is 492 g/mol. The molecule has 0 saturated carbocycles. The smallest absolute Gasteiger partial charge is 0.339 e. The maximum absolute atomic E-state index is 13.1. The molecule has 2 aromatic carbocycles. The summed E-state index contributed by atoms with van der Waals surface area (Å²) in [6.07, 6.45) is 0.523. The third-order valence-electron chi connectivity index (χ3n) is 5.80. The van der Waals surface area contributed by atoms with E-state index in [0.717, 1.165) is 5.56 Å². The van der Waals surface area contributed by atoms with E-state index in [4.69, 9.17) is 20.8 Å². The van der Waals surface area contributed by atoms with Gasteiger partial charge < -0.3 is 9.15 Å². The van der Waals surface area contributed by atoms with Crippen molar-refractivity contribution in [3.05, 3.63) is 68.5 Å². The quantitative estimate of drug-likeness (QED) is 0.292. The molecule has 0 unspecified atom stereocenters. The minimum atomic E-state index is -3.97. The van der Waals surface area contributed by atoms with Crippen LogP contribution in [-0.2, 0) is 14.8 Å². The summed E-state index contributed by atoms with van der Waals surface area (Å²) in [7, 11) is -3.97. The maximum Gasteiger partial charge on any atom is 0.339 e. The summed E-state index contributed by atoms with van der Waals surface area (Å²) in [6, 6.07) is 8.08. The molecule has 0 saturated heterocycles. The van der Waals surface area contributed by atoms with Crippen LogP contribution in [0.15, 0.2) is 50.5 Å². The number of esters is 1. The van der Waals surface area contributed by atoms with Crippen molar-refractivity contribution in [3.8, 4) is 5.75 Å². The van der Waals surface area contributed by atoms with E-state index in [-0.39, 0.29) is 27.2 Å². The fraction of sp³-hybridized carbons (Fsp3) is 0.333. The third-order valence-corrected chi connectivity index (χ3v) is 7.55. The molecule has 0 fully saturated rings. The third kappa shape index (κ3) is 5.29. The Labute approximate surface area is 197 Å². The van der Waals surface area contributed by atoms with Gasteiger partial charge in [0.25, 0.3) is 0 Å². The molecule has 0 radical (unpaired) electrons. The van der Waals surface area contributed by atoms with Gasteiger partial charge in [-0.1, -0.05) is 49.6 Å². The van der Waals surface area contributed by atoms with E-state index in [0.29, 0.717) is 22.9 Å². The van der Waals surface area contributed by atoms with Crippen molar-refractivity contribution < 1.29 is 22.4 Å². The van der Waals surface area contributed by atoms with Crippen LogP contribution in [0.5, 0.6) is 5.75 Å². The van der Waals surface area contributed by atoms with Gasteiger partial charge in [0, 0.05) is 17.0 Å². The first kappa shape index (κ1) is 25.0. The molecule has 0 aliphatic heterocycles. The van der Waals surface area contributed by atoms with Crippen molar-refractivity contribution in [3.63, 3.8) is 0 Å². The summed E-state index contributed by atoms with van der Waals surface area (Å²) in [5.74, 6) is -1.20. The summed E-state index contributed by atoms with van der Waals surface area (Å²) in [6.45, 7) is 8.86. The standard InChI is InChI=1S/C24H26ClNO6S/c1-6-14(3)22(26-33(29,30)17-9-7-13(2)8-10-17)24(28)32-21-12-20-18(11-19(21)25)15(4)16(5)23(27)31-20/h7-12,14,22,26H,6H2,1-5H3/t14-,22+/m0/s1. The van der Waals surface area contributed by atoms with Crippen molar-refractivity contribution >= 4 is 38.6 Å². The molecule has 2 atom stereocenters. The molecule has 7 nitrogen and oxygen atoms in total. The van der Waals surface area contributed by atoms with E-state index in [2.05, 4.69) is 4.72 Å². The van der Waals surface area contributed by atoms with Gasteiger partial charge in [0.05, 0.1) is 9.92 Å². The molecule has 0 spiro atoms. The molecule has 9 heteroatoms. The van der Waals surface area contributed by atoms with Crippen LogP contribution in [0.3, 0.4) is 0 Å². The minimum Gasteiger partial charge on any atom is -0.424 e. The van der Waals surface area contributed by atoms with Crippen molar-refractivity contribution in [2.24, 2.45) is 5.92 Å². The van der Waals surface area contributed by atoms with E-state index in [1.54, 1.807) is 39.0 Å².